The number of hydrogen-bond acceptors (Lipinski definition) is 7. The molecule has 1 aromatic heterocycles. The number of aryl methyl sites for hydroxylation is 1. The van der Waals surface area contributed by atoms with E-state index < -0.39 is 11.7 Å². The minimum absolute atomic E-state index is 0.270. The molecular weight excluding hydrogens is 522 g/mol. The highest BCUT2D eigenvalue weighted by atomic mass is 32.1. The topological polar surface area (TPSA) is 80.8 Å². The Morgan fingerprint density at radius 2 is 1.90 bits per heavy atom. The molecule has 0 bridgehead atoms. The molecule has 214 valence electrons. The van der Waals surface area contributed by atoms with Crippen molar-refractivity contribution in [2.45, 2.75) is 72.6 Å². The number of nitrogens with one attached hydrogen (secondary N) is 1. The van der Waals surface area contributed by atoms with Gasteiger partial charge in [-0.3, -0.25) is 4.79 Å². The third-order valence-electron chi connectivity index (χ3n) is 7.07. The van der Waals surface area contributed by atoms with Crippen molar-refractivity contribution in [2.24, 2.45) is 11.8 Å². The molecule has 7 nitrogen and oxygen atoms in total. The van der Waals surface area contributed by atoms with Crippen LogP contribution < -0.4 is 15.0 Å². The van der Waals surface area contributed by atoms with Gasteiger partial charge < -0.3 is 19.7 Å². The zero-order valence-corrected chi connectivity index (χ0v) is 25.2. The monoisotopic (exact) mass is 563 g/mol. The standard InChI is InChI=1S/C32H41N3O4S/c1-21(2)26(19-38-28-13-7-23(18-36)8-14-28)17-35(27-11-12-27)29-15-24(30-22(3)34-20-40-30)9-10-25(29)16-33-31(37)39-32(4,5)6/h7-10,13-15,18,20-21,26-27H,11-12,16-17,19H2,1-6H3,(H,33,37). The van der Waals surface area contributed by atoms with E-state index in [1.807, 2.05) is 45.3 Å². The quantitative estimate of drug-likeness (QED) is 0.233. The summed E-state index contributed by atoms with van der Waals surface area (Å²) in [6.07, 6.45) is 2.70. The molecule has 1 saturated carbocycles. The van der Waals surface area contributed by atoms with E-state index in [-0.39, 0.29) is 5.92 Å². The molecule has 1 heterocycles. The van der Waals surface area contributed by atoms with E-state index in [9.17, 15) is 9.59 Å². The van der Waals surface area contributed by atoms with Crippen molar-refractivity contribution >= 4 is 29.4 Å². The van der Waals surface area contributed by atoms with Crippen LogP contribution in [0.4, 0.5) is 10.5 Å². The number of carbonyl (C=O) groups excluding carboxylic acids is 2. The first-order valence-electron chi connectivity index (χ1n) is 14.0. The van der Waals surface area contributed by atoms with Crippen LogP contribution in [0.3, 0.4) is 0 Å². The zero-order valence-electron chi connectivity index (χ0n) is 24.4. The first kappa shape index (κ1) is 29.6. The van der Waals surface area contributed by atoms with E-state index in [0.717, 1.165) is 58.8 Å². The zero-order chi connectivity index (χ0) is 28.9. The number of aromatic nitrogens is 1. The number of benzene rings is 2. The first-order valence-corrected chi connectivity index (χ1v) is 14.9. The van der Waals surface area contributed by atoms with Crippen molar-refractivity contribution in [2.75, 3.05) is 18.1 Å². The maximum atomic E-state index is 12.5. The van der Waals surface area contributed by atoms with E-state index in [0.29, 0.717) is 30.7 Å². The Morgan fingerprint density at radius 3 is 2.48 bits per heavy atom. The SMILES string of the molecule is Cc1ncsc1-c1ccc(CNC(=O)OC(C)(C)C)c(N(CC(COc2ccc(C=O)cc2)C(C)C)C2CC2)c1. The van der Waals surface area contributed by atoms with Gasteiger partial charge in [-0.25, -0.2) is 9.78 Å². The van der Waals surface area contributed by atoms with Crippen molar-refractivity contribution in [3.8, 4) is 16.2 Å². The minimum Gasteiger partial charge on any atom is -0.493 e. The number of alkyl carbamates (subject to hydrolysis) is 1. The Balaban J connectivity index is 1.59. The lowest BCUT2D eigenvalue weighted by Crippen LogP contribution is -2.37. The van der Waals surface area contributed by atoms with Crippen LogP contribution in [0.15, 0.2) is 48.0 Å². The van der Waals surface area contributed by atoms with Crippen LogP contribution in [0.2, 0.25) is 0 Å². The second-order valence-electron chi connectivity index (χ2n) is 11.9. The van der Waals surface area contributed by atoms with Gasteiger partial charge >= 0.3 is 6.09 Å². The fourth-order valence-corrected chi connectivity index (χ4v) is 5.37. The number of thiazole rings is 1. The van der Waals surface area contributed by atoms with Crippen LogP contribution >= 0.6 is 11.3 Å². The van der Waals surface area contributed by atoms with E-state index >= 15 is 0 Å². The summed E-state index contributed by atoms with van der Waals surface area (Å²) in [6, 6.07) is 14.2. The van der Waals surface area contributed by atoms with Crippen molar-refractivity contribution in [1.29, 1.82) is 0 Å². The molecule has 0 saturated heterocycles. The molecule has 40 heavy (non-hydrogen) atoms. The van der Waals surface area contributed by atoms with E-state index in [1.54, 1.807) is 23.5 Å². The lowest BCUT2D eigenvalue weighted by Gasteiger charge is -2.33. The van der Waals surface area contributed by atoms with E-state index in [4.69, 9.17) is 9.47 Å². The van der Waals surface area contributed by atoms with Crippen molar-refractivity contribution in [1.82, 2.24) is 10.3 Å². The molecule has 0 radical (unpaired) electrons. The van der Waals surface area contributed by atoms with Gasteiger partial charge in [0.25, 0.3) is 0 Å². The first-order chi connectivity index (χ1) is 19.0. The summed E-state index contributed by atoms with van der Waals surface area (Å²) in [5, 5.41) is 2.96. The Hall–Kier alpha value is -3.39. The molecule has 2 aromatic carbocycles. The Bertz CT molecular complexity index is 1290. The van der Waals surface area contributed by atoms with Gasteiger partial charge in [0.15, 0.2) is 0 Å². The van der Waals surface area contributed by atoms with Gasteiger partial charge in [0.2, 0.25) is 0 Å². The van der Waals surface area contributed by atoms with Gasteiger partial charge in [0.1, 0.15) is 17.6 Å². The third-order valence-corrected chi connectivity index (χ3v) is 8.04. The van der Waals surface area contributed by atoms with Gasteiger partial charge in [0, 0.05) is 36.3 Å². The molecular formula is C32H41N3O4S. The summed E-state index contributed by atoms with van der Waals surface area (Å²) in [7, 11) is 0. The number of rotatable bonds is 12. The molecule has 1 N–H and O–H groups in total. The van der Waals surface area contributed by atoms with Gasteiger partial charge in [-0.2, -0.15) is 0 Å². The summed E-state index contributed by atoms with van der Waals surface area (Å²) >= 11 is 1.64. The lowest BCUT2D eigenvalue weighted by molar-refractivity contribution is 0.0523. The number of ether oxygens (including phenoxy) is 2. The Morgan fingerprint density at radius 1 is 1.18 bits per heavy atom. The number of anilines is 1. The highest BCUT2D eigenvalue weighted by Gasteiger charge is 2.33. The molecule has 0 spiro atoms. The minimum atomic E-state index is -0.557. The predicted molar refractivity (Wildman–Crippen MR) is 161 cm³/mol. The Labute approximate surface area is 241 Å². The van der Waals surface area contributed by atoms with Crippen LogP contribution in [0.5, 0.6) is 5.75 Å². The van der Waals surface area contributed by atoms with E-state index in [2.05, 4.69) is 47.2 Å². The molecule has 1 atom stereocenters. The second kappa shape index (κ2) is 12.9. The molecule has 1 aliphatic rings. The molecule has 0 aliphatic heterocycles. The highest BCUT2D eigenvalue weighted by Crippen LogP contribution is 2.39. The molecule has 3 aromatic rings. The van der Waals surface area contributed by atoms with E-state index in [1.165, 1.54) is 0 Å². The number of amides is 1. The fourth-order valence-electron chi connectivity index (χ4n) is 4.57. The lowest BCUT2D eigenvalue weighted by atomic mass is 9.95. The van der Waals surface area contributed by atoms with Crippen molar-refractivity contribution in [3.63, 3.8) is 0 Å². The normalized spacial score (nSPS) is 14.1. The summed E-state index contributed by atoms with van der Waals surface area (Å²) in [6.45, 7) is 13.9. The van der Waals surface area contributed by atoms with Gasteiger partial charge in [-0.15, -0.1) is 11.3 Å². The predicted octanol–water partition coefficient (Wildman–Crippen LogP) is 7.28. The third kappa shape index (κ3) is 8.07. The van der Waals surface area contributed by atoms with Crippen LogP contribution in [-0.2, 0) is 11.3 Å². The second-order valence-corrected chi connectivity index (χ2v) is 12.7. The van der Waals surface area contributed by atoms with Gasteiger partial charge in [-0.05, 0) is 87.9 Å². The highest BCUT2D eigenvalue weighted by molar-refractivity contribution is 7.13. The number of carbonyl (C=O) groups is 2. The number of nitrogens with zero attached hydrogens (tertiary/aromatic N) is 2. The molecule has 8 heteroatoms. The van der Waals surface area contributed by atoms with Crippen molar-refractivity contribution < 1.29 is 19.1 Å². The largest absolute Gasteiger partial charge is 0.493 e. The Kier molecular flexibility index (Phi) is 9.51. The molecule has 1 amide bonds. The summed E-state index contributed by atoms with van der Waals surface area (Å²) in [5.41, 5.74) is 6.29. The molecule has 1 unspecified atom stereocenters. The molecule has 4 rings (SSSR count). The maximum absolute atomic E-state index is 12.5. The fraction of sp³-hybridized carbons (Fsp3) is 0.469. The average Bonchev–Trinajstić information content (AvgIpc) is 3.66. The van der Waals surface area contributed by atoms with Gasteiger partial charge in [-0.1, -0.05) is 26.0 Å². The average molecular weight is 564 g/mol. The molecule has 1 fully saturated rings. The van der Waals surface area contributed by atoms with Crippen molar-refractivity contribution in [3.05, 3.63) is 64.8 Å². The number of hydrogen-bond donors (Lipinski definition) is 1. The smallest absolute Gasteiger partial charge is 0.407 e. The van der Waals surface area contributed by atoms with Crippen LogP contribution in [0.1, 0.15) is 69.1 Å². The maximum Gasteiger partial charge on any atom is 0.407 e. The van der Waals surface area contributed by atoms with Crippen LogP contribution in [-0.4, -0.2) is 42.2 Å². The van der Waals surface area contributed by atoms with Gasteiger partial charge in [0.05, 0.1) is 22.7 Å². The van der Waals surface area contributed by atoms with Crippen LogP contribution in [0.25, 0.3) is 10.4 Å². The van der Waals surface area contributed by atoms with Crippen LogP contribution in [0, 0.1) is 18.8 Å². The summed E-state index contributed by atoms with van der Waals surface area (Å²) < 4.78 is 11.7. The number of aldehydes is 1. The summed E-state index contributed by atoms with van der Waals surface area (Å²) in [5.74, 6) is 1.43. The molecule has 1 aliphatic carbocycles. The summed E-state index contributed by atoms with van der Waals surface area (Å²) in [4.78, 5) is 31.6.